The summed E-state index contributed by atoms with van der Waals surface area (Å²) in [4.78, 5) is 4.19. The molecule has 2 aromatic heterocycles. The lowest BCUT2D eigenvalue weighted by atomic mass is 10.0. The summed E-state index contributed by atoms with van der Waals surface area (Å²) in [5, 5.41) is 4.35. The van der Waals surface area contributed by atoms with Crippen molar-refractivity contribution < 1.29 is 4.74 Å². The van der Waals surface area contributed by atoms with Gasteiger partial charge in [0.05, 0.1) is 19.3 Å². The van der Waals surface area contributed by atoms with E-state index in [4.69, 9.17) is 10.5 Å². The molecular weight excluding hydrogens is 240 g/mol. The zero-order valence-corrected chi connectivity index (χ0v) is 11.8. The van der Waals surface area contributed by atoms with Gasteiger partial charge in [-0.15, -0.1) is 0 Å². The molecule has 2 heterocycles. The summed E-state index contributed by atoms with van der Waals surface area (Å²) in [6.07, 6.45) is 5.31. The Hall–Kier alpha value is -1.88. The number of rotatable bonds is 4. The van der Waals surface area contributed by atoms with Gasteiger partial charge in [-0.2, -0.15) is 5.10 Å². The Morgan fingerprint density at radius 3 is 2.58 bits per heavy atom. The summed E-state index contributed by atoms with van der Waals surface area (Å²) in [7, 11) is 1.63. The average Bonchev–Trinajstić information content (AvgIpc) is 2.81. The summed E-state index contributed by atoms with van der Waals surface area (Å²) in [6.45, 7) is 6.13. The molecule has 0 aromatic carbocycles. The van der Waals surface area contributed by atoms with E-state index in [1.54, 1.807) is 19.5 Å². The Morgan fingerprint density at radius 2 is 2.00 bits per heavy atom. The van der Waals surface area contributed by atoms with Gasteiger partial charge in [0.25, 0.3) is 0 Å². The first-order valence-corrected chi connectivity index (χ1v) is 6.33. The molecule has 0 saturated heterocycles. The number of aromatic nitrogens is 3. The van der Waals surface area contributed by atoms with Crippen LogP contribution in [0.2, 0.25) is 0 Å². The maximum absolute atomic E-state index is 6.36. The molecule has 0 fully saturated rings. The van der Waals surface area contributed by atoms with Crippen LogP contribution >= 0.6 is 0 Å². The van der Waals surface area contributed by atoms with E-state index in [1.807, 2.05) is 23.9 Å². The van der Waals surface area contributed by atoms with Crippen LogP contribution in [0.15, 0.2) is 24.7 Å². The summed E-state index contributed by atoms with van der Waals surface area (Å²) in [6, 6.07) is 1.96. The van der Waals surface area contributed by atoms with Crippen molar-refractivity contribution in [1.29, 1.82) is 0 Å². The lowest BCUT2D eigenvalue weighted by Crippen LogP contribution is -2.19. The van der Waals surface area contributed by atoms with E-state index in [9.17, 15) is 0 Å². The van der Waals surface area contributed by atoms with Crippen LogP contribution in [-0.2, 0) is 0 Å². The van der Waals surface area contributed by atoms with E-state index >= 15 is 0 Å². The Morgan fingerprint density at radius 1 is 1.26 bits per heavy atom. The smallest absolute Gasteiger partial charge is 0.161 e. The number of nitrogens with zero attached hydrogens (tertiary/aromatic N) is 3. The average molecular weight is 260 g/mol. The molecule has 0 saturated carbocycles. The predicted octanol–water partition coefficient (Wildman–Crippen LogP) is 2.22. The second kappa shape index (κ2) is 5.40. The topological polar surface area (TPSA) is 66.0 Å². The Labute approximate surface area is 113 Å². The predicted molar refractivity (Wildman–Crippen MR) is 74.2 cm³/mol. The molecule has 2 N–H and O–H groups in total. The molecule has 0 spiro atoms. The van der Waals surface area contributed by atoms with E-state index in [0.29, 0.717) is 5.75 Å². The normalized spacial score (nSPS) is 12.7. The molecule has 0 aliphatic heterocycles. The molecular formula is C14H20N4O. The molecule has 102 valence electrons. The molecule has 5 nitrogen and oxygen atoms in total. The SMILES string of the molecule is COc1cnn(C(C)C)c1C(N)c1cncc(C)c1. The number of hydrogen-bond donors (Lipinski definition) is 1. The van der Waals surface area contributed by atoms with Crippen LogP contribution in [0.3, 0.4) is 0 Å². The van der Waals surface area contributed by atoms with Crippen molar-refractivity contribution in [2.45, 2.75) is 32.9 Å². The van der Waals surface area contributed by atoms with Gasteiger partial charge in [0, 0.05) is 18.4 Å². The van der Waals surface area contributed by atoms with Crippen LogP contribution in [0, 0.1) is 6.92 Å². The van der Waals surface area contributed by atoms with Crippen LogP contribution in [-0.4, -0.2) is 21.9 Å². The van der Waals surface area contributed by atoms with Gasteiger partial charge >= 0.3 is 0 Å². The molecule has 0 aliphatic rings. The number of methoxy groups -OCH3 is 1. The van der Waals surface area contributed by atoms with Gasteiger partial charge in [-0.05, 0) is 31.9 Å². The third-order valence-corrected chi connectivity index (χ3v) is 3.06. The lowest BCUT2D eigenvalue weighted by Gasteiger charge is -2.18. The first kappa shape index (κ1) is 13.5. The fourth-order valence-electron chi connectivity index (χ4n) is 2.13. The molecule has 1 atom stereocenters. The van der Waals surface area contributed by atoms with E-state index in [2.05, 4.69) is 23.9 Å². The molecule has 0 amide bonds. The standard InChI is InChI=1S/C14H20N4O/c1-9(2)18-14(12(19-4)8-17-18)13(15)11-5-10(3)6-16-7-11/h5-9,13H,15H2,1-4H3. The van der Waals surface area contributed by atoms with Crippen molar-refractivity contribution in [3.8, 4) is 5.75 Å². The summed E-state index contributed by atoms with van der Waals surface area (Å²) < 4.78 is 7.26. The summed E-state index contributed by atoms with van der Waals surface area (Å²) in [5.41, 5.74) is 9.29. The maximum atomic E-state index is 6.36. The minimum Gasteiger partial charge on any atom is -0.493 e. The fourth-order valence-corrected chi connectivity index (χ4v) is 2.13. The summed E-state index contributed by atoms with van der Waals surface area (Å²) >= 11 is 0. The molecule has 19 heavy (non-hydrogen) atoms. The zero-order chi connectivity index (χ0) is 14.0. The molecule has 0 aliphatic carbocycles. The monoisotopic (exact) mass is 260 g/mol. The highest BCUT2D eigenvalue weighted by molar-refractivity contribution is 5.36. The van der Waals surface area contributed by atoms with Gasteiger partial charge in [0.1, 0.15) is 5.69 Å². The van der Waals surface area contributed by atoms with Crippen molar-refractivity contribution in [2.75, 3.05) is 7.11 Å². The van der Waals surface area contributed by atoms with E-state index < -0.39 is 0 Å². The van der Waals surface area contributed by atoms with E-state index in [1.165, 1.54) is 0 Å². The van der Waals surface area contributed by atoms with Crippen LogP contribution in [0.5, 0.6) is 5.75 Å². The quantitative estimate of drug-likeness (QED) is 0.915. The van der Waals surface area contributed by atoms with Crippen LogP contribution in [0.1, 0.15) is 42.8 Å². The van der Waals surface area contributed by atoms with Crippen molar-refractivity contribution >= 4 is 0 Å². The number of hydrogen-bond acceptors (Lipinski definition) is 4. The number of nitrogens with two attached hydrogens (primary N) is 1. The van der Waals surface area contributed by atoms with Gasteiger partial charge < -0.3 is 10.5 Å². The van der Waals surface area contributed by atoms with Crippen LogP contribution in [0.25, 0.3) is 0 Å². The highest BCUT2D eigenvalue weighted by Gasteiger charge is 2.21. The fraction of sp³-hybridized carbons (Fsp3) is 0.429. The highest BCUT2D eigenvalue weighted by atomic mass is 16.5. The van der Waals surface area contributed by atoms with Crippen molar-refractivity contribution in [2.24, 2.45) is 5.73 Å². The zero-order valence-electron chi connectivity index (χ0n) is 11.8. The molecule has 2 rings (SSSR count). The molecule has 5 heteroatoms. The van der Waals surface area contributed by atoms with Gasteiger partial charge in [-0.3, -0.25) is 9.67 Å². The number of aryl methyl sites for hydroxylation is 1. The minimum atomic E-state index is -0.299. The molecule has 0 bridgehead atoms. The third kappa shape index (κ3) is 2.61. The van der Waals surface area contributed by atoms with Crippen molar-refractivity contribution in [3.63, 3.8) is 0 Å². The first-order valence-electron chi connectivity index (χ1n) is 6.33. The molecule has 0 radical (unpaired) electrons. The number of pyridine rings is 1. The van der Waals surface area contributed by atoms with Gasteiger partial charge in [-0.25, -0.2) is 0 Å². The van der Waals surface area contributed by atoms with Gasteiger partial charge in [-0.1, -0.05) is 6.07 Å². The van der Waals surface area contributed by atoms with E-state index in [0.717, 1.165) is 16.8 Å². The second-order valence-corrected chi connectivity index (χ2v) is 4.91. The number of ether oxygens (including phenoxy) is 1. The molecule has 1 unspecified atom stereocenters. The van der Waals surface area contributed by atoms with Gasteiger partial charge in [0.2, 0.25) is 0 Å². The Kier molecular flexibility index (Phi) is 3.85. The van der Waals surface area contributed by atoms with Crippen LogP contribution < -0.4 is 10.5 Å². The minimum absolute atomic E-state index is 0.225. The van der Waals surface area contributed by atoms with Crippen molar-refractivity contribution in [1.82, 2.24) is 14.8 Å². The second-order valence-electron chi connectivity index (χ2n) is 4.91. The van der Waals surface area contributed by atoms with E-state index in [-0.39, 0.29) is 12.1 Å². The first-order chi connectivity index (χ1) is 9.04. The van der Waals surface area contributed by atoms with Gasteiger partial charge in [0.15, 0.2) is 5.75 Å². The summed E-state index contributed by atoms with van der Waals surface area (Å²) in [5.74, 6) is 0.711. The maximum Gasteiger partial charge on any atom is 0.161 e. The van der Waals surface area contributed by atoms with Crippen LogP contribution in [0.4, 0.5) is 0 Å². The Bertz CT molecular complexity index is 562. The Balaban J connectivity index is 2.48. The van der Waals surface area contributed by atoms with Crippen molar-refractivity contribution in [3.05, 3.63) is 41.5 Å². The lowest BCUT2D eigenvalue weighted by molar-refractivity contribution is 0.401. The third-order valence-electron chi connectivity index (χ3n) is 3.06. The largest absolute Gasteiger partial charge is 0.493 e. The highest BCUT2D eigenvalue weighted by Crippen LogP contribution is 2.30. The molecule has 2 aromatic rings.